The first-order valence-corrected chi connectivity index (χ1v) is 6.79. The van der Waals surface area contributed by atoms with E-state index in [1.165, 1.54) is 7.11 Å². The lowest BCUT2D eigenvalue weighted by atomic mass is 9.84. The first kappa shape index (κ1) is 14.7. The molecule has 0 aromatic heterocycles. The summed E-state index contributed by atoms with van der Waals surface area (Å²) in [5, 5.41) is 3.28. The fourth-order valence-corrected chi connectivity index (χ4v) is 2.14. The summed E-state index contributed by atoms with van der Waals surface area (Å²) < 4.78 is 10.2. The summed E-state index contributed by atoms with van der Waals surface area (Å²) in [4.78, 5) is 11.9. The van der Waals surface area contributed by atoms with Crippen molar-refractivity contribution in [2.24, 2.45) is 0 Å². The molecule has 2 rings (SSSR count). The van der Waals surface area contributed by atoms with Gasteiger partial charge < -0.3 is 20.5 Å². The number of nitrogens with two attached hydrogens (primary N) is 1. The van der Waals surface area contributed by atoms with Gasteiger partial charge in [-0.25, -0.2) is 0 Å². The summed E-state index contributed by atoms with van der Waals surface area (Å²) >= 11 is 0. The highest BCUT2D eigenvalue weighted by Crippen LogP contribution is 2.30. The van der Waals surface area contributed by atoms with E-state index in [-0.39, 0.29) is 12.1 Å². The highest BCUT2D eigenvalue weighted by Gasteiger charge is 2.31. The van der Waals surface area contributed by atoms with Crippen LogP contribution in [0.25, 0.3) is 0 Å². The van der Waals surface area contributed by atoms with Gasteiger partial charge in [0.2, 0.25) is 0 Å². The van der Waals surface area contributed by atoms with Crippen LogP contribution in [0.1, 0.15) is 25.8 Å². The monoisotopic (exact) mass is 278 g/mol. The van der Waals surface area contributed by atoms with Crippen molar-refractivity contribution in [2.45, 2.75) is 31.8 Å². The summed E-state index contributed by atoms with van der Waals surface area (Å²) in [6, 6.07) is 5.58. The van der Waals surface area contributed by atoms with E-state index in [1.54, 1.807) is 0 Å². The minimum Gasteiger partial charge on any atom is -0.468 e. The van der Waals surface area contributed by atoms with Crippen molar-refractivity contribution in [3.05, 3.63) is 23.8 Å². The molecule has 1 aromatic carbocycles. The molecule has 1 heterocycles. The zero-order chi connectivity index (χ0) is 14.8. The lowest BCUT2D eigenvalue weighted by Gasteiger charge is -2.28. The lowest BCUT2D eigenvalue weighted by molar-refractivity contribution is -0.146. The van der Waals surface area contributed by atoms with Crippen LogP contribution in [0, 0.1) is 0 Å². The molecular formula is C15H22N2O3. The van der Waals surface area contributed by atoms with Gasteiger partial charge in [-0.3, -0.25) is 4.79 Å². The van der Waals surface area contributed by atoms with E-state index in [1.807, 2.05) is 32.0 Å². The van der Waals surface area contributed by atoms with Crippen LogP contribution in [0.2, 0.25) is 0 Å². The Kier molecular flexibility index (Phi) is 4.18. The first-order valence-electron chi connectivity index (χ1n) is 6.79. The number of methoxy groups -OCH3 is 1. The quantitative estimate of drug-likeness (QED) is 0.636. The molecule has 0 radical (unpaired) electrons. The van der Waals surface area contributed by atoms with Crippen LogP contribution in [0.3, 0.4) is 0 Å². The molecule has 20 heavy (non-hydrogen) atoms. The average Bonchev–Trinajstić information content (AvgIpc) is 2.37. The number of anilines is 2. The predicted molar refractivity (Wildman–Crippen MR) is 78.7 cm³/mol. The van der Waals surface area contributed by atoms with Gasteiger partial charge in [-0.2, -0.15) is 0 Å². The van der Waals surface area contributed by atoms with Gasteiger partial charge in [0.1, 0.15) is 0 Å². The Balaban J connectivity index is 2.16. The van der Waals surface area contributed by atoms with E-state index in [9.17, 15) is 4.79 Å². The summed E-state index contributed by atoms with van der Waals surface area (Å²) in [6.07, 6.45) is 1.33. The molecule has 1 aliphatic heterocycles. The van der Waals surface area contributed by atoms with Crippen molar-refractivity contribution in [1.82, 2.24) is 0 Å². The second-order valence-electron chi connectivity index (χ2n) is 5.58. The van der Waals surface area contributed by atoms with Crippen LogP contribution < -0.4 is 11.1 Å². The molecule has 0 spiro atoms. The number of hydrogen-bond acceptors (Lipinski definition) is 5. The summed E-state index contributed by atoms with van der Waals surface area (Å²) in [7, 11) is 1.40. The number of ether oxygens (including phenoxy) is 2. The van der Waals surface area contributed by atoms with Gasteiger partial charge in [0, 0.05) is 13.2 Å². The molecule has 1 aromatic rings. The van der Waals surface area contributed by atoms with Gasteiger partial charge in [-0.1, -0.05) is 6.07 Å². The number of nitrogens with one attached hydrogen (secondary N) is 1. The zero-order valence-electron chi connectivity index (χ0n) is 12.2. The average molecular weight is 278 g/mol. The minimum atomic E-state index is -0.703. The van der Waals surface area contributed by atoms with E-state index in [4.69, 9.17) is 15.2 Å². The summed E-state index contributed by atoms with van der Waals surface area (Å²) in [5.41, 5.74) is 7.63. The molecule has 1 saturated heterocycles. The molecule has 0 unspecified atom stereocenters. The third-order valence-corrected chi connectivity index (χ3v) is 3.78. The molecule has 0 amide bonds. The van der Waals surface area contributed by atoms with E-state index in [0.29, 0.717) is 5.69 Å². The van der Waals surface area contributed by atoms with Crippen LogP contribution in [0.15, 0.2) is 18.2 Å². The summed E-state index contributed by atoms with van der Waals surface area (Å²) in [6.45, 7) is 5.23. The molecule has 1 fully saturated rings. The second-order valence-corrected chi connectivity index (χ2v) is 5.58. The smallest absolute Gasteiger partial charge is 0.315 e. The Morgan fingerprint density at radius 2 is 2.25 bits per heavy atom. The Morgan fingerprint density at radius 3 is 2.80 bits per heavy atom. The Labute approximate surface area is 119 Å². The topological polar surface area (TPSA) is 73.6 Å². The van der Waals surface area contributed by atoms with E-state index < -0.39 is 5.41 Å². The molecule has 3 N–H and O–H groups in total. The van der Waals surface area contributed by atoms with Crippen LogP contribution in [-0.2, 0) is 19.7 Å². The fourth-order valence-electron chi connectivity index (χ4n) is 2.14. The molecule has 5 heteroatoms. The third-order valence-electron chi connectivity index (χ3n) is 3.78. The first-order chi connectivity index (χ1) is 9.45. The molecular weight excluding hydrogens is 256 g/mol. The number of hydrogen-bond donors (Lipinski definition) is 2. The number of esters is 1. The predicted octanol–water partition coefficient (Wildman–Crippen LogP) is 1.92. The molecule has 1 aliphatic rings. The Bertz CT molecular complexity index is 496. The zero-order valence-corrected chi connectivity index (χ0v) is 12.2. The maximum Gasteiger partial charge on any atom is 0.315 e. The highest BCUT2D eigenvalue weighted by molar-refractivity contribution is 5.83. The van der Waals surface area contributed by atoms with E-state index >= 15 is 0 Å². The normalized spacial score (nSPS) is 18.2. The molecule has 110 valence electrons. The number of carbonyl (C=O) groups excluding carboxylic acids is 1. The van der Waals surface area contributed by atoms with Gasteiger partial charge in [-0.05, 0) is 38.0 Å². The van der Waals surface area contributed by atoms with Crippen molar-refractivity contribution in [3.63, 3.8) is 0 Å². The van der Waals surface area contributed by atoms with Crippen LogP contribution >= 0.6 is 0 Å². The largest absolute Gasteiger partial charge is 0.468 e. The minimum absolute atomic E-state index is 0.256. The molecule has 5 nitrogen and oxygen atoms in total. The van der Waals surface area contributed by atoms with E-state index in [0.717, 1.165) is 30.8 Å². The molecule has 0 bridgehead atoms. The maximum absolute atomic E-state index is 11.9. The number of carbonyl (C=O) groups is 1. The number of nitrogen functional groups attached to an aromatic ring is 1. The van der Waals surface area contributed by atoms with Crippen molar-refractivity contribution < 1.29 is 14.3 Å². The Hall–Kier alpha value is -1.75. The van der Waals surface area contributed by atoms with Crippen molar-refractivity contribution in [1.29, 1.82) is 0 Å². The van der Waals surface area contributed by atoms with Crippen molar-refractivity contribution in [3.8, 4) is 0 Å². The van der Waals surface area contributed by atoms with Gasteiger partial charge in [0.05, 0.1) is 30.0 Å². The van der Waals surface area contributed by atoms with Gasteiger partial charge in [0.25, 0.3) is 0 Å². The SMILES string of the molecule is COC(=O)C(C)(C)c1ccc(N)c(NC[C@@H]2CCO2)c1. The number of benzene rings is 1. The second kappa shape index (κ2) is 5.71. The van der Waals surface area contributed by atoms with Crippen molar-refractivity contribution in [2.75, 3.05) is 31.3 Å². The third kappa shape index (κ3) is 2.88. The van der Waals surface area contributed by atoms with E-state index in [2.05, 4.69) is 5.32 Å². The van der Waals surface area contributed by atoms with Crippen LogP contribution in [0.4, 0.5) is 11.4 Å². The maximum atomic E-state index is 11.9. The molecule has 0 saturated carbocycles. The van der Waals surface area contributed by atoms with Crippen molar-refractivity contribution >= 4 is 17.3 Å². The van der Waals surface area contributed by atoms with Gasteiger partial charge in [-0.15, -0.1) is 0 Å². The highest BCUT2D eigenvalue weighted by atomic mass is 16.5. The number of rotatable bonds is 5. The molecule has 1 atom stereocenters. The standard InChI is InChI=1S/C15H22N2O3/c1-15(2,14(18)19-3)10-4-5-12(16)13(8-10)17-9-11-6-7-20-11/h4-5,8,11,17H,6-7,9,16H2,1-3H3/t11-/m0/s1. The van der Waals surface area contributed by atoms with Gasteiger partial charge >= 0.3 is 5.97 Å². The summed E-state index contributed by atoms with van der Waals surface area (Å²) in [5.74, 6) is -0.268. The van der Waals surface area contributed by atoms with Crippen LogP contribution in [-0.4, -0.2) is 32.3 Å². The lowest BCUT2D eigenvalue weighted by Crippen LogP contribution is -2.34. The fraction of sp³-hybridized carbons (Fsp3) is 0.533. The van der Waals surface area contributed by atoms with Crippen LogP contribution in [0.5, 0.6) is 0 Å². The molecule has 0 aliphatic carbocycles. The van der Waals surface area contributed by atoms with Gasteiger partial charge in [0.15, 0.2) is 0 Å². The Morgan fingerprint density at radius 1 is 1.55 bits per heavy atom.